The van der Waals surface area contributed by atoms with Gasteiger partial charge in [0.1, 0.15) is 12.0 Å². The van der Waals surface area contributed by atoms with Crippen LogP contribution < -0.4 is 10.2 Å². The Balaban J connectivity index is 1.89. The number of piperidine rings is 1. The minimum atomic E-state index is -0.248. The van der Waals surface area contributed by atoms with Crippen LogP contribution in [0.25, 0.3) is 0 Å². The quantitative estimate of drug-likeness (QED) is 0.896. The second kappa shape index (κ2) is 5.05. The van der Waals surface area contributed by atoms with E-state index in [-0.39, 0.29) is 23.9 Å². The van der Waals surface area contributed by atoms with Crippen molar-refractivity contribution < 1.29 is 9.18 Å². The van der Waals surface area contributed by atoms with Gasteiger partial charge in [0.2, 0.25) is 5.91 Å². The molecule has 2 atom stereocenters. The molecule has 4 nitrogen and oxygen atoms in total. The molecule has 0 bridgehead atoms. The Labute approximate surface area is 118 Å². The van der Waals surface area contributed by atoms with Gasteiger partial charge in [-0.3, -0.25) is 9.69 Å². The van der Waals surface area contributed by atoms with Crippen molar-refractivity contribution >= 4 is 11.6 Å². The second-order valence-corrected chi connectivity index (χ2v) is 5.77. The van der Waals surface area contributed by atoms with Crippen LogP contribution in [0.5, 0.6) is 0 Å². The van der Waals surface area contributed by atoms with Gasteiger partial charge >= 0.3 is 0 Å². The van der Waals surface area contributed by atoms with Crippen molar-refractivity contribution in [2.45, 2.75) is 31.5 Å². The molecule has 20 heavy (non-hydrogen) atoms. The molecular formula is C15H20FN3O. The minimum absolute atomic E-state index is 0.0367. The van der Waals surface area contributed by atoms with E-state index in [1.165, 1.54) is 6.07 Å². The van der Waals surface area contributed by atoms with E-state index in [4.69, 9.17) is 0 Å². The number of hydrogen-bond acceptors (Lipinski definition) is 3. The summed E-state index contributed by atoms with van der Waals surface area (Å²) in [4.78, 5) is 15.9. The van der Waals surface area contributed by atoms with Crippen molar-refractivity contribution in [1.82, 2.24) is 10.2 Å². The predicted molar refractivity (Wildman–Crippen MR) is 76.0 cm³/mol. The zero-order chi connectivity index (χ0) is 14.3. The Kier molecular flexibility index (Phi) is 3.38. The largest absolute Gasteiger partial charge is 0.375 e. The Morgan fingerprint density at radius 2 is 2.15 bits per heavy atom. The first kappa shape index (κ1) is 13.4. The van der Waals surface area contributed by atoms with Crippen LogP contribution in [-0.4, -0.2) is 37.5 Å². The third kappa shape index (κ3) is 2.16. The zero-order valence-electron chi connectivity index (χ0n) is 11.9. The molecule has 1 aromatic carbocycles. The summed E-state index contributed by atoms with van der Waals surface area (Å²) in [6.07, 6.45) is 2.91. The van der Waals surface area contributed by atoms with Gasteiger partial charge in [-0.1, -0.05) is 12.5 Å². The standard InChI is InChI=1S/C15H20FN3O/c1-18(2)12-7-6-10(9-11(12)16)14-17-15(20)13-5-3-4-8-19(13)14/h6-7,9,13-14H,3-5,8H2,1-2H3,(H,17,20)/t13-,14+/m1/s1. The number of rotatable bonds is 2. The van der Waals surface area contributed by atoms with E-state index < -0.39 is 0 Å². The van der Waals surface area contributed by atoms with Crippen molar-refractivity contribution in [2.75, 3.05) is 25.5 Å². The van der Waals surface area contributed by atoms with Crippen molar-refractivity contribution in [3.05, 3.63) is 29.6 Å². The molecule has 2 aliphatic heterocycles. The third-order valence-electron chi connectivity index (χ3n) is 4.23. The first-order valence-electron chi connectivity index (χ1n) is 7.11. The third-order valence-corrected chi connectivity index (χ3v) is 4.23. The number of halogens is 1. The molecule has 0 saturated carbocycles. The molecule has 5 heteroatoms. The van der Waals surface area contributed by atoms with Gasteiger partial charge in [-0.25, -0.2) is 4.39 Å². The van der Waals surface area contributed by atoms with E-state index in [0.29, 0.717) is 5.69 Å². The maximum Gasteiger partial charge on any atom is 0.238 e. The molecule has 0 radical (unpaired) electrons. The van der Waals surface area contributed by atoms with E-state index in [9.17, 15) is 9.18 Å². The highest BCUT2D eigenvalue weighted by Gasteiger charge is 2.41. The van der Waals surface area contributed by atoms with Gasteiger partial charge in [-0.15, -0.1) is 0 Å². The number of anilines is 1. The summed E-state index contributed by atoms with van der Waals surface area (Å²) in [5.74, 6) is -0.172. The van der Waals surface area contributed by atoms with Crippen LogP contribution in [0.3, 0.4) is 0 Å². The number of carbonyl (C=O) groups is 1. The molecule has 1 aromatic rings. The highest BCUT2D eigenvalue weighted by molar-refractivity contribution is 5.84. The lowest BCUT2D eigenvalue weighted by Gasteiger charge is -2.31. The molecule has 0 aromatic heterocycles. The van der Waals surface area contributed by atoms with Gasteiger partial charge in [-0.2, -0.15) is 0 Å². The summed E-state index contributed by atoms with van der Waals surface area (Å²) in [6, 6.07) is 5.18. The molecule has 1 N–H and O–H groups in total. The van der Waals surface area contributed by atoms with Gasteiger partial charge < -0.3 is 10.2 Å². The van der Waals surface area contributed by atoms with Gasteiger partial charge in [0, 0.05) is 20.6 Å². The Hall–Kier alpha value is -1.62. The molecule has 2 fully saturated rings. The number of fused-ring (bicyclic) bond motifs is 1. The predicted octanol–water partition coefficient (Wildman–Crippen LogP) is 1.87. The highest BCUT2D eigenvalue weighted by Crippen LogP contribution is 2.33. The number of hydrogen-bond donors (Lipinski definition) is 1. The van der Waals surface area contributed by atoms with Crippen LogP contribution >= 0.6 is 0 Å². The number of amides is 1. The normalized spacial score (nSPS) is 26.2. The maximum atomic E-state index is 14.1. The fourth-order valence-corrected chi connectivity index (χ4v) is 3.19. The van der Waals surface area contributed by atoms with Crippen LogP contribution in [0.1, 0.15) is 31.0 Å². The fourth-order valence-electron chi connectivity index (χ4n) is 3.19. The van der Waals surface area contributed by atoms with Crippen LogP contribution in [0.4, 0.5) is 10.1 Å². The Bertz CT molecular complexity index is 532. The van der Waals surface area contributed by atoms with Crippen molar-refractivity contribution in [3.63, 3.8) is 0 Å². The van der Waals surface area contributed by atoms with E-state index in [1.807, 2.05) is 20.2 Å². The zero-order valence-corrected chi connectivity index (χ0v) is 11.9. The molecule has 0 spiro atoms. The number of benzene rings is 1. The van der Waals surface area contributed by atoms with E-state index >= 15 is 0 Å². The lowest BCUT2D eigenvalue weighted by Crippen LogP contribution is -2.38. The van der Waals surface area contributed by atoms with Crippen molar-refractivity contribution in [2.24, 2.45) is 0 Å². The number of nitrogens with one attached hydrogen (secondary N) is 1. The molecule has 2 saturated heterocycles. The molecular weight excluding hydrogens is 257 g/mol. The SMILES string of the molecule is CN(C)c1ccc([C@H]2NC(=O)[C@H]3CCCCN32)cc1F. The van der Waals surface area contributed by atoms with Gasteiger partial charge in [0.15, 0.2) is 0 Å². The second-order valence-electron chi connectivity index (χ2n) is 5.77. The van der Waals surface area contributed by atoms with E-state index in [0.717, 1.165) is 31.4 Å². The molecule has 0 unspecified atom stereocenters. The van der Waals surface area contributed by atoms with E-state index in [1.54, 1.807) is 11.0 Å². The maximum absolute atomic E-state index is 14.1. The van der Waals surface area contributed by atoms with Crippen molar-refractivity contribution in [3.8, 4) is 0 Å². The van der Waals surface area contributed by atoms with E-state index in [2.05, 4.69) is 10.2 Å². The Morgan fingerprint density at radius 3 is 2.85 bits per heavy atom. The molecule has 2 heterocycles. The average Bonchev–Trinajstić information content (AvgIpc) is 2.76. The summed E-state index contributed by atoms with van der Waals surface area (Å²) < 4.78 is 14.1. The number of nitrogens with zero attached hydrogens (tertiary/aromatic N) is 2. The van der Waals surface area contributed by atoms with Crippen molar-refractivity contribution in [1.29, 1.82) is 0 Å². The summed E-state index contributed by atoms with van der Waals surface area (Å²) in [7, 11) is 3.63. The molecule has 3 rings (SSSR count). The highest BCUT2D eigenvalue weighted by atomic mass is 19.1. The van der Waals surface area contributed by atoms with Crippen LogP contribution in [0.2, 0.25) is 0 Å². The Morgan fingerprint density at radius 1 is 1.35 bits per heavy atom. The molecule has 2 aliphatic rings. The fraction of sp³-hybridized carbons (Fsp3) is 0.533. The monoisotopic (exact) mass is 277 g/mol. The topological polar surface area (TPSA) is 35.6 Å². The lowest BCUT2D eigenvalue weighted by molar-refractivity contribution is -0.122. The number of carbonyl (C=O) groups excluding carboxylic acids is 1. The van der Waals surface area contributed by atoms with Crippen LogP contribution in [0, 0.1) is 5.82 Å². The summed E-state index contributed by atoms with van der Waals surface area (Å²) in [5.41, 5.74) is 1.39. The van der Waals surface area contributed by atoms with Crippen LogP contribution in [0.15, 0.2) is 18.2 Å². The van der Waals surface area contributed by atoms with Crippen LogP contribution in [-0.2, 0) is 4.79 Å². The summed E-state index contributed by atoms with van der Waals surface area (Å²) in [6.45, 7) is 0.894. The molecule has 1 amide bonds. The smallest absolute Gasteiger partial charge is 0.238 e. The minimum Gasteiger partial charge on any atom is -0.375 e. The van der Waals surface area contributed by atoms with Gasteiger partial charge in [0.05, 0.1) is 11.7 Å². The van der Waals surface area contributed by atoms with Gasteiger partial charge in [0.25, 0.3) is 0 Å². The molecule has 0 aliphatic carbocycles. The molecule has 108 valence electrons. The van der Waals surface area contributed by atoms with Gasteiger partial charge in [-0.05, 0) is 30.5 Å². The lowest BCUT2D eigenvalue weighted by atomic mass is 10.0. The first-order valence-corrected chi connectivity index (χ1v) is 7.11. The summed E-state index contributed by atoms with van der Waals surface area (Å²) in [5, 5.41) is 2.99. The average molecular weight is 277 g/mol. The summed E-state index contributed by atoms with van der Waals surface area (Å²) >= 11 is 0. The first-order chi connectivity index (χ1) is 9.58.